The van der Waals surface area contributed by atoms with Gasteiger partial charge < -0.3 is 4.98 Å². The lowest BCUT2D eigenvalue weighted by Crippen LogP contribution is -2.36. The molecule has 1 N–H and O–H groups in total. The van der Waals surface area contributed by atoms with E-state index in [-0.39, 0.29) is 0 Å². The van der Waals surface area contributed by atoms with Gasteiger partial charge in [0.1, 0.15) is 11.6 Å². The lowest BCUT2D eigenvalue weighted by atomic mass is 10.0. The van der Waals surface area contributed by atoms with Crippen molar-refractivity contribution >= 4 is 0 Å². The summed E-state index contributed by atoms with van der Waals surface area (Å²) in [5, 5.41) is 8.36. The molecular weight excluding hydrogens is 235 g/mol. The molecule has 0 unspecified atom stereocenters. The molecule has 0 atom stereocenters. The normalized spacial score (nSPS) is 12.2. The van der Waals surface area contributed by atoms with Crippen molar-refractivity contribution in [2.75, 3.05) is 0 Å². The molecule has 0 saturated heterocycles. The molecule has 0 fully saturated rings. The van der Waals surface area contributed by atoms with Crippen LogP contribution in [-0.2, 0) is 5.92 Å². The van der Waals surface area contributed by atoms with Gasteiger partial charge in [-0.3, -0.25) is 4.79 Å². The molecule has 1 aromatic rings. The molecule has 0 aliphatic carbocycles. The molecule has 0 amide bonds. The second-order valence-corrected chi connectivity index (χ2v) is 2.78. The maximum Gasteiger partial charge on any atom is 0.458 e. The predicted molar refractivity (Wildman–Crippen MR) is 41.7 cm³/mol. The molecule has 0 saturated carbocycles. The number of pyridine rings is 1. The minimum absolute atomic E-state index is 0.355. The number of halogens is 5. The van der Waals surface area contributed by atoms with Crippen LogP contribution in [0.5, 0.6) is 0 Å². The average molecular weight is 238 g/mol. The number of rotatable bonds is 1. The van der Waals surface area contributed by atoms with Crippen LogP contribution >= 0.6 is 0 Å². The van der Waals surface area contributed by atoms with Gasteiger partial charge in [0, 0.05) is 6.20 Å². The zero-order chi connectivity index (χ0) is 12.6. The molecular formula is C8H3F5N2O. The molecule has 1 heterocycles. The zero-order valence-electron chi connectivity index (χ0n) is 7.40. The minimum atomic E-state index is -5.85. The van der Waals surface area contributed by atoms with Gasteiger partial charge in [-0.05, 0) is 6.07 Å². The van der Waals surface area contributed by atoms with Crippen LogP contribution in [0, 0.1) is 11.3 Å². The number of alkyl halides is 5. The first-order chi connectivity index (χ1) is 7.21. The molecule has 86 valence electrons. The first kappa shape index (κ1) is 12.2. The molecule has 0 radical (unpaired) electrons. The van der Waals surface area contributed by atoms with Gasteiger partial charge in [0.05, 0.1) is 5.56 Å². The molecule has 0 spiro atoms. The van der Waals surface area contributed by atoms with E-state index in [0.29, 0.717) is 12.3 Å². The van der Waals surface area contributed by atoms with Crippen molar-refractivity contribution in [1.82, 2.24) is 4.98 Å². The maximum absolute atomic E-state index is 12.9. The molecule has 0 aliphatic heterocycles. The number of hydrogen-bond donors (Lipinski definition) is 1. The largest absolute Gasteiger partial charge is 0.458 e. The van der Waals surface area contributed by atoms with Crippen molar-refractivity contribution < 1.29 is 22.0 Å². The van der Waals surface area contributed by atoms with Crippen LogP contribution in [-0.4, -0.2) is 11.2 Å². The number of nitriles is 1. The highest BCUT2D eigenvalue weighted by Crippen LogP contribution is 2.44. The van der Waals surface area contributed by atoms with E-state index in [4.69, 9.17) is 5.26 Å². The van der Waals surface area contributed by atoms with E-state index in [1.807, 2.05) is 4.98 Å². The summed E-state index contributed by atoms with van der Waals surface area (Å²) in [5.74, 6) is -5.23. The minimum Gasteiger partial charge on any atom is -0.328 e. The maximum atomic E-state index is 12.9. The number of aromatic amines is 1. The summed E-state index contributed by atoms with van der Waals surface area (Å²) in [6.45, 7) is 0. The van der Waals surface area contributed by atoms with Crippen LogP contribution in [0.4, 0.5) is 22.0 Å². The lowest BCUT2D eigenvalue weighted by molar-refractivity contribution is -0.289. The Morgan fingerprint density at radius 1 is 1.25 bits per heavy atom. The van der Waals surface area contributed by atoms with E-state index in [9.17, 15) is 26.7 Å². The van der Waals surface area contributed by atoms with Gasteiger partial charge in [-0.1, -0.05) is 0 Å². The molecule has 1 aromatic heterocycles. The third-order valence-corrected chi connectivity index (χ3v) is 1.77. The van der Waals surface area contributed by atoms with Crippen LogP contribution in [0.3, 0.4) is 0 Å². The first-order valence-corrected chi connectivity index (χ1v) is 3.78. The highest BCUT2D eigenvalue weighted by Gasteiger charge is 2.59. The smallest absolute Gasteiger partial charge is 0.328 e. The van der Waals surface area contributed by atoms with E-state index >= 15 is 0 Å². The number of aromatic nitrogens is 1. The Kier molecular flexibility index (Phi) is 2.73. The van der Waals surface area contributed by atoms with E-state index in [0.717, 1.165) is 6.07 Å². The van der Waals surface area contributed by atoms with Crippen molar-refractivity contribution in [1.29, 1.82) is 5.26 Å². The summed E-state index contributed by atoms with van der Waals surface area (Å²) in [6, 6.07) is 1.37. The number of H-pyrrole nitrogens is 1. The van der Waals surface area contributed by atoms with E-state index < -0.39 is 28.8 Å². The van der Waals surface area contributed by atoms with Crippen LogP contribution < -0.4 is 5.56 Å². The Bertz CT molecular complexity index is 496. The van der Waals surface area contributed by atoms with Gasteiger partial charge in [-0.15, -0.1) is 0 Å². The zero-order valence-corrected chi connectivity index (χ0v) is 7.40. The number of nitrogens with one attached hydrogen (secondary N) is 1. The van der Waals surface area contributed by atoms with E-state index in [1.54, 1.807) is 0 Å². The fourth-order valence-corrected chi connectivity index (χ4v) is 1.00. The number of hydrogen-bond acceptors (Lipinski definition) is 2. The van der Waals surface area contributed by atoms with Crippen molar-refractivity contribution in [3.05, 3.63) is 33.7 Å². The summed E-state index contributed by atoms with van der Waals surface area (Å²) in [4.78, 5) is 12.7. The summed E-state index contributed by atoms with van der Waals surface area (Å²) in [6.07, 6.45) is -5.23. The standard InChI is InChI=1S/C8H3F5N2O/c9-7(10,8(11,12)13)5-1-2-15-6(16)4(5)3-14/h1-2H,(H,15,16). The second kappa shape index (κ2) is 3.59. The second-order valence-electron chi connectivity index (χ2n) is 2.78. The van der Waals surface area contributed by atoms with Crippen molar-refractivity contribution in [2.24, 2.45) is 0 Å². The average Bonchev–Trinajstić information content (AvgIpc) is 2.15. The Morgan fingerprint density at radius 2 is 1.81 bits per heavy atom. The summed E-state index contributed by atoms with van der Waals surface area (Å²) in [5.41, 5.74) is -4.18. The summed E-state index contributed by atoms with van der Waals surface area (Å²) >= 11 is 0. The Balaban J connectivity index is 3.53. The quantitative estimate of drug-likeness (QED) is 0.759. The highest BCUT2D eigenvalue weighted by atomic mass is 19.4. The Hall–Kier alpha value is -1.91. The molecule has 3 nitrogen and oxygen atoms in total. The predicted octanol–water partition coefficient (Wildman–Crippen LogP) is 1.90. The summed E-state index contributed by atoms with van der Waals surface area (Å²) in [7, 11) is 0. The third kappa shape index (κ3) is 1.76. The van der Waals surface area contributed by atoms with Crippen molar-refractivity contribution in [3.8, 4) is 6.07 Å². The molecule has 16 heavy (non-hydrogen) atoms. The van der Waals surface area contributed by atoms with Crippen LogP contribution in [0.2, 0.25) is 0 Å². The van der Waals surface area contributed by atoms with Gasteiger partial charge in [-0.25, -0.2) is 0 Å². The fraction of sp³-hybridized carbons (Fsp3) is 0.250. The van der Waals surface area contributed by atoms with Crippen molar-refractivity contribution in [2.45, 2.75) is 12.1 Å². The Labute approximate surface area is 85.1 Å². The fourth-order valence-electron chi connectivity index (χ4n) is 1.00. The topological polar surface area (TPSA) is 56.6 Å². The Morgan fingerprint density at radius 3 is 2.25 bits per heavy atom. The molecule has 0 bridgehead atoms. The first-order valence-electron chi connectivity index (χ1n) is 3.78. The lowest BCUT2D eigenvalue weighted by Gasteiger charge is -2.20. The molecule has 0 aromatic carbocycles. The van der Waals surface area contributed by atoms with Gasteiger partial charge in [-0.2, -0.15) is 27.2 Å². The summed E-state index contributed by atoms with van der Waals surface area (Å²) < 4.78 is 61.7. The van der Waals surface area contributed by atoms with Crippen LogP contribution in [0.1, 0.15) is 11.1 Å². The SMILES string of the molecule is N#Cc1c(C(F)(F)C(F)(F)F)cc[nH]c1=O. The van der Waals surface area contributed by atoms with Gasteiger partial charge in [0.2, 0.25) is 0 Å². The van der Waals surface area contributed by atoms with Crippen molar-refractivity contribution in [3.63, 3.8) is 0 Å². The highest BCUT2D eigenvalue weighted by molar-refractivity contribution is 5.38. The van der Waals surface area contributed by atoms with Gasteiger partial charge >= 0.3 is 12.1 Å². The van der Waals surface area contributed by atoms with Gasteiger partial charge in [0.25, 0.3) is 5.56 Å². The molecule has 8 heteroatoms. The molecule has 1 rings (SSSR count). The monoisotopic (exact) mass is 238 g/mol. The van der Waals surface area contributed by atoms with Gasteiger partial charge in [0.15, 0.2) is 0 Å². The van der Waals surface area contributed by atoms with E-state index in [2.05, 4.69) is 0 Å². The van der Waals surface area contributed by atoms with Crippen LogP contribution in [0.25, 0.3) is 0 Å². The van der Waals surface area contributed by atoms with E-state index in [1.165, 1.54) is 0 Å². The molecule has 0 aliphatic rings. The number of nitrogens with zero attached hydrogens (tertiary/aromatic N) is 1. The van der Waals surface area contributed by atoms with Crippen LogP contribution in [0.15, 0.2) is 17.1 Å². The third-order valence-electron chi connectivity index (χ3n) is 1.77.